The van der Waals surface area contributed by atoms with Crippen LogP contribution >= 0.6 is 27.5 Å². The van der Waals surface area contributed by atoms with Gasteiger partial charge in [0.15, 0.2) is 0 Å². The maximum Gasteiger partial charge on any atom is 0.253 e. The molecule has 21 heavy (non-hydrogen) atoms. The number of nitrogens with two attached hydrogens (primary N) is 1. The fourth-order valence-corrected chi connectivity index (χ4v) is 3.82. The molecule has 1 atom stereocenters. The van der Waals surface area contributed by atoms with Crippen LogP contribution < -0.4 is 10.5 Å². The lowest BCUT2D eigenvalue weighted by Gasteiger charge is -2.15. The number of carbonyl (C=O) groups is 1. The number of carbonyl (C=O) groups excluding carboxylic acids is 1. The van der Waals surface area contributed by atoms with Crippen molar-refractivity contribution in [2.24, 2.45) is 5.14 Å². The average molecular weight is 398 g/mol. The van der Waals surface area contributed by atoms with Gasteiger partial charge in [0.2, 0.25) is 10.0 Å². The SMILES string of the molecule is CCCCC(C)NC(=O)c1cc(S(N)(=O)=O)c(Br)cc1Cl. The van der Waals surface area contributed by atoms with Crippen LogP contribution in [0.5, 0.6) is 0 Å². The van der Waals surface area contributed by atoms with E-state index in [1.54, 1.807) is 0 Å². The van der Waals surface area contributed by atoms with Gasteiger partial charge in [0.1, 0.15) is 0 Å². The second-order valence-corrected chi connectivity index (χ2v) is 7.62. The molecule has 5 nitrogen and oxygen atoms in total. The highest BCUT2D eigenvalue weighted by Gasteiger charge is 2.20. The predicted molar refractivity (Wildman–Crippen MR) is 87.0 cm³/mol. The molecule has 0 radical (unpaired) electrons. The Morgan fingerprint density at radius 2 is 2.10 bits per heavy atom. The first-order valence-corrected chi connectivity index (χ1v) is 9.21. The smallest absolute Gasteiger partial charge is 0.253 e. The molecule has 0 aliphatic heterocycles. The third-order valence-electron chi connectivity index (χ3n) is 2.94. The van der Waals surface area contributed by atoms with Gasteiger partial charge in [-0.25, -0.2) is 13.6 Å². The molecular weight excluding hydrogens is 380 g/mol. The quantitative estimate of drug-likeness (QED) is 0.773. The van der Waals surface area contributed by atoms with Crippen molar-refractivity contribution in [1.82, 2.24) is 5.32 Å². The van der Waals surface area contributed by atoms with E-state index in [2.05, 4.69) is 28.2 Å². The van der Waals surface area contributed by atoms with Crippen LogP contribution in [0.15, 0.2) is 21.5 Å². The molecule has 118 valence electrons. The number of hydrogen-bond acceptors (Lipinski definition) is 3. The Morgan fingerprint density at radius 3 is 2.62 bits per heavy atom. The molecule has 1 rings (SSSR count). The molecule has 1 unspecified atom stereocenters. The van der Waals surface area contributed by atoms with Gasteiger partial charge in [-0.3, -0.25) is 4.79 Å². The Balaban J connectivity index is 3.05. The first-order valence-electron chi connectivity index (χ1n) is 6.49. The van der Waals surface area contributed by atoms with Gasteiger partial charge in [-0.1, -0.05) is 31.4 Å². The molecule has 0 saturated carbocycles. The highest BCUT2D eigenvalue weighted by molar-refractivity contribution is 9.10. The normalized spacial score (nSPS) is 13.0. The molecular formula is C13H18BrClN2O3S. The minimum atomic E-state index is -3.93. The summed E-state index contributed by atoms with van der Waals surface area (Å²) >= 11 is 9.08. The third kappa shape index (κ3) is 5.25. The van der Waals surface area contributed by atoms with Gasteiger partial charge in [0.05, 0.1) is 15.5 Å². The number of nitrogens with one attached hydrogen (secondary N) is 1. The van der Waals surface area contributed by atoms with Crippen molar-refractivity contribution in [3.8, 4) is 0 Å². The van der Waals surface area contributed by atoms with Crippen molar-refractivity contribution in [2.75, 3.05) is 0 Å². The number of sulfonamides is 1. The van der Waals surface area contributed by atoms with E-state index < -0.39 is 15.9 Å². The van der Waals surface area contributed by atoms with Gasteiger partial charge < -0.3 is 5.32 Å². The van der Waals surface area contributed by atoms with E-state index in [1.807, 2.05) is 6.92 Å². The topological polar surface area (TPSA) is 89.3 Å². The number of rotatable bonds is 6. The molecule has 1 aromatic rings. The molecule has 0 spiro atoms. The monoisotopic (exact) mass is 396 g/mol. The van der Waals surface area contributed by atoms with Crippen molar-refractivity contribution in [3.63, 3.8) is 0 Å². The molecule has 8 heteroatoms. The van der Waals surface area contributed by atoms with E-state index in [1.165, 1.54) is 12.1 Å². The second kappa shape index (κ2) is 7.58. The van der Waals surface area contributed by atoms with Crippen molar-refractivity contribution in [3.05, 3.63) is 27.2 Å². The van der Waals surface area contributed by atoms with Crippen molar-refractivity contribution >= 4 is 43.5 Å². The van der Waals surface area contributed by atoms with Crippen LogP contribution in [0.4, 0.5) is 0 Å². The van der Waals surface area contributed by atoms with E-state index in [0.29, 0.717) is 0 Å². The lowest BCUT2D eigenvalue weighted by molar-refractivity contribution is 0.0938. The number of hydrogen-bond donors (Lipinski definition) is 2. The highest BCUT2D eigenvalue weighted by atomic mass is 79.9. The number of halogens is 2. The number of primary sulfonamides is 1. The minimum Gasteiger partial charge on any atom is -0.350 e. The van der Waals surface area contributed by atoms with Crippen LogP contribution in [0.25, 0.3) is 0 Å². The van der Waals surface area contributed by atoms with Crippen LogP contribution in [0.3, 0.4) is 0 Å². The fourth-order valence-electron chi connectivity index (χ4n) is 1.81. The molecule has 3 N–H and O–H groups in total. The molecule has 0 aliphatic carbocycles. The zero-order valence-electron chi connectivity index (χ0n) is 11.8. The highest BCUT2D eigenvalue weighted by Crippen LogP contribution is 2.28. The van der Waals surface area contributed by atoms with E-state index in [0.717, 1.165) is 19.3 Å². The lowest BCUT2D eigenvalue weighted by Crippen LogP contribution is -2.32. The third-order valence-corrected chi connectivity index (χ3v) is 5.12. The Morgan fingerprint density at radius 1 is 1.48 bits per heavy atom. The molecule has 0 heterocycles. The molecule has 0 saturated heterocycles. The Kier molecular flexibility index (Phi) is 6.65. The van der Waals surface area contributed by atoms with Crippen LogP contribution in [-0.2, 0) is 10.0 Å². The summed E-state index contributed by atoms with van der Waals surface area (Å²) in [6.45, 7) is 3.96. The summed E-state index contributed by atoms with van der Waals surface area (Å²) in [5, 5.41) is 8.07. The predicted octanol–water partition coefficient (Wildman–Crippen LogP) is 3.06. The minimum absolute atomic E-state index is 0.0184. The summed E-state index contributed by atoms with van der Waals surface area (Å²) in [7, 11) is -3.93. The molecule has 0 aromatic heterocycles. The number of amides is 1. The maximum absolute atomic E-state index is 12.2. The number of benzene rings is 1. The van der Waals surface area contributed by atoms with Gasteiger partial charge in [0, 0.05) is 10.5 Å². The van der Waals surface area contributed by atoms with Crippen molar-refractivity contribution in [1.29, 1.82) is 0 Å². The summed E-state index contributed by atoms with van der Waals surface area (Å²) in [6, 6.07) is 2.52. The Hall–Kier alpha value is -0.630. The molecule has 0 fully saturated rings. The van der Waals surface area contributed by atoms with Crippen molar-refractivity contribution < 1.29 is 13.2 Å². The summed E-state index contributed by atoms with van der Waals surface area (Å²) in [5.74, 6) is -0.416. The van der Waals surface area contributed by atoms with Crippen molar-refractivity contribution in [2.45, 2.75) is 44.0 Å². The zero-order valence-corrected chi connectivity index (χ0v) is 15.0. The first-order chi connectivity index (χ1) is 9.66. The maximum atomic E-state index is 12.2. The summed E-state index contributed by atoms with van der Waals surface area (Å²) < 4.78 is 23.2. The average Bonchev–Trinajstić information content (AvgIpc) is 2.34. The summed E-state index contributed by atoms with van der Waals surface area (Å²) in [6.07, 6.45) is 2.88. The Bertz CT molecular complexity index is 635. The van der Waals surface area contributed by atoms with Crippen LogP contribution in [0.1, 0.15) is 43.5 Å². The number of unbranched alkanes of at least 4 members (excludes halogenated alkanes) is 1. The summed E-state index contributed by atoms with van der Waals surface area (Å²) in [5.41, 5.74) is 0.0900. The zero-order chi connectivity index (χ0) is 16.2. The Labute approximate surface area is 138 Å². The van der Waals surface area contributed by atoms with Crippen LogP contribution in [0.2, 0.25) is 5.02 Å². The van der Waals surface area contributed by atoms with E-state index in [9.17, 15) is 13.2 Å². The standard InChI is InChI=1S/C13H18BrClN2O3S/c1-3-4-5-8(2)17-13(18)9-6-12(21(16,19)20)10(14)7-11(9)15/h6-8H,3-5H2,1-2H3,(H,17,18)(H2,16,19,20). The molecule has 0 aliphatic rings. The lowest BCUT2D eigenvalue weighted by atomic mass is 10.1. The van der Waals surface area contributed by atoms with Gasteiger partial charge in [-0.2, -0.15) is 0 Å². The van der Waals surface area contributed by atoms with E-state index in [4.69, 9.17) is 16.7 Å². The van der Waals surface area contributed by atoms with Gasteiger partial charge in [-0.05, 0) is 41.4 Å². The van der Waals surface area contributed by atoms with Gasteiger partial charge >= 0.3 is 0 Å². The second-order valence-electron chi connectivity index (χ2n) is 4.82. The fraction of sp³-hybridized carbons (Fsp3) is 0.462. The van der Waals surface area contributed by atoms with E-state index >= 15 is 0 Å². The largest absolute Gasteiger partial charge is 0.350 e. The van der Waals surface area contributed by atoms with Crippen LogP contribution in [0, 0.1) is 0 Å². The molecule has 0 bridgehead atoms. The molecule has 1 aromatic carbocycles. The summed E-state index contributed by atoms with van der Waals surface area (Å²) in [4.78, 5) is 12.0. The van der Waals surface area contributed by atoms with Gasteiger partial charge in [0.25, 0.3) is 5.91 Å². The van der Waals surface area contributed by atoms with Crippen LogP contribution in [-0.4, -0.2) is 20.4 Å². The first kappa shape index (κ1) is 18.4. The van der Waals surface area contributed by atoms with E-state index in [-0.39, 0.29) is 26.0 Å². The van der Waals surface area contributed by atoms with Gasteiger partial charge in [-0.15, -0.1) is 0 Å². The molecule has 1 amide bonds.